The van der Waals surface area contributed by atoms with Crippen LogP contribution in [0, 0.1) is 0 Å². The Morgan fingerprint density at radius 3 is 2.94 bits per heavy atom. The molecule has 1 aromatic heterocycles. The molecular weight excluding hydrogens is 218 g/mol. The lowest BCUT2D eigenvalue weighted by molar-refractivity contribution is -0.122. The first-order valence-electron chi connectivity index (χ1n) is 6.22. The number of hydrogen-bond donors (Lipinski definition) is 1. The number of unbranched alkanes of at least 4 members (excludes halogenated alkanes) is 2. The van der Waals surface area contributed by atoms with Crippen molar-refractivity contribution in [3.05, 3.63) is 6.33 Å². The number of aryl methyl sites for hydroxylation is 1. The summed E-state index contributed by atoms with van der Waals surface area (Å²) in [6.07, 6.45) is 6.58. The van der Waals surface area contributed by atoms with Crippen LogP contribution < -0.4 is 5.32 Å². The Hall–Kier alpha value is -1.46. The average molecular weight is 239 g/mol. The van der Waals surface area contributed by atoms with E-state index in [0.29, 0.717) is 13.0 Å². The van der Waals surface area contributed by atoms with Crippen LogP contribution in [-0.4, -0.2) is 32.2 Å². The molecule has 1 N–H and O–H groups in total. The molecule has 96 valence electrons. The average Bonchev–Trinajstić information content (AvgIpc) is 2.79. The molecular formula is C11H21N5O. The molecule has 0 radical (unpaired) electrons. The van der Waals surface area contributed by atoms with Crippen LogP contribution in [0.2, 0.25) is 0 Å². The third kappa shape index (κ3) is 5.99. The first-order valence-corrected chi connectivity index (χ1v) is 6.22. The van der Waals surface area contributed by atoms with Gasteiger partial charge >= 0.3 is 0 Å². The normalized spacial score (nSPS) is 12.4. The van der Waals surface area contributed by atoms with Crippen molar-refractivity contribution in [2.45, 2.75) is 58.5 Å². The molecule has 1 amide bonds. The highest BCUT2D eigenvalue weighted by atomic mass is 16.1. The largest absolute Gasteiger partial charge is 0.354 e. The third-order valence-electron chi connectivity index (χ3n) is 2.61. The molecule has 0 spiro atoms. The smallest absolute Gasteiger partial charge is 0.222 e. The zero-order valence-electron chi connectivity index (χ0n) is 10.6. The monoisotopic (exact) mass is 239 g/mol. The zero-order valence-corrected chi connectivity index (χ0v) is 10.6. The van der Waals surface area contributed by atoms with Gasteiger partial charge in [-0.1, -0.05) is 26.2 Å². The number of nitrogens with one attached hydrogen (secondary N) is 1. The molecule has 0 bridgehead atoms. The van der Waals surface area contributed by atoms with Crippen molar-refractivity contribution in [3.8, 4) is 0 Å². The van der Waals surface area contributed by atoms with E-state index in [1.165, 1.54) is 25.6 Å². The second-order valence-corrected chi connectivity index (χ2v) is 4.29. The SMILES string of the molecule is CCCCCC(C)NC(=O)CCn1cnnn1. The fraction of sp³-hybridized carbons (Fsp3) is 0.818. The van der Waals surface area contributed by atoms with Crippen LogP contribution in [0.5, 0.6) is 0 Å². The van der Waals surface area contributed by atoms with Gasteiger partial charge in [0.2, 0.25) is 5.91 Å². The quantitative estimate of drug-likeness (QED) is 0.691. The number of nitrogens with zero attached hydrogens (tertiary/aromatic N) is 4. The maximum Gasteiger partial charge on any atom is 0.222 e. The van der Waals surface area contributed by atoms with E-state index in [1.807, 2.05) is 6.92 Å². The summed E-state index contributed by atoms with van der Waals surface area (Å²) in [4.78, 5) is 11.6. The van der Waals surface area contributed by atoms with Crippen molar-refractivity contribution in [2.75, 3.05) is 0 Å². The van der Waals surface area contributed by atoms with Gasteiger partial charge < -0.3 is 5.32 Å². The number of carbonyl (C=O) groups is 1. The molecule has 6 nitrogen and oxygen atoms in total. The molecule has 0 aliphatic heterocycles. The van der Waals surface area contributed by atoms with Crippen molar-refractivity contribution in [1.82, 2.24) is 25.5 Å². The third-order valence-corrected chi connectivity index (χ3v) is 2.61. The Morgan fingerprint density at radius 2 is 2.29 bits per heavy atom. The summed E-state index contributed by atoms with van der Waals surface area (Å²) in [7, 11) is 0. The summed E-state index contributed by atoms with van der Waals surface area (Å²) >= 11 is 0. The molecule has 0 saturated heterocycles. The molecule has 6 heteroatoms. The highest BCUT2D eigenvalue weighted by molar-refractivity contribution is 5.76. The van der Waals surface area contributed by atoms with Crippen molar-refractivity contribution in [3.63, 3.8) is 0 Å². The van der Waals surface area contributed by atoms with Crippen molar-refractivity contribution in [1.29, 1.82) is 0 Å². The number of aromatic nitrogens is 4. The maximum atomic E-state index is 11.6. The van der Waals surface area contributed by atoms with Crippen molar-refractivity contribution in [2.24, 2.45) is 0 Å². The van der Waals surface area contributed by atoms with Gasteiger partial charge in [0.15, 0.2) is 0 Å². The van der Waals surface area contributed by atoms with Gasteiger partial charge in [-0.2, -0.15) is 0 Å². The van der Waals surface area contributed by atoms with E-state index in [0.717, 1.165) is 6.42 Å². The summed E-state index contributed by atoms with van der Waals surface area (Å²) in [5.41, 5.74) is 0. The number of hydrogen-bond acceptors (Lipinski definition) is 4. The van der Waals surface area contributed by atoms with Gasteiger partial charge in [-0.3, -0.25) is 4.79 Å². The lowest BCUT2D eigenvalue weighted by atomic mass is 10.1. The van der Waals surface area contributed by atoms with Crippen LogP contribution in [0.25, 0.3) is 0 Å². The van der Waals surface area contributed by atoms with Crippen LogP contribution in [0.15, 0.2) is 6.33 Å². The summed E-state index contributed by atoms with van der Waals surface area (Å²) < 4.78 is 1.56. The highest BCUT2D eigenvalue weighted by Crippen LogP contribution is 2.03. The van der Waals surface area contributed by atoms with Gasteiger partial charge in [-0.15, -0.1) is 5.10 Å². The maximum absolute atomic E-state index is 11.6. The highest BCUT2D eigenvalue weighted by Gasteiger charge is 2.07. The Labute approximate surface area is 102 Å². The van der Waals surface area contributed by atoms with E-state index >= 15 is 0 Å². The molecule has 1 atom stereocenters. The van der Waals surface area contributed by atoms with Gasteiger partial charge in [0.05, 0.1) is 6.54 Å². The molecule has 17 heavy (non-hydrogen) atoms. The Morgan fingerprint density at radius 1 is 1.47 bits per heavy atom. The fourth-order valence-corrected chi connectivity index (χ4v) is 1.62. The predicted molar refractivity (Wildman–Crippen MR) is 64.2 cm³/mol. The van der Waals surface area contributed by atoms with E-state index in [2.05, 4.69) is 27.8 Å². The van der Waals surface area contributed by atoms with Gasteiger partial charge in [0, 0.05) is 12.5 Å². The Bertz CT molecular complexity index is 312. The second kappa shape index (κ2) is 7.76. The van der Waals surface area contributed by atoms with E-state index in [9.17, 15) is 4.79 Å². The first-order chi connectivity index (χ1) is 8.22. The summed E-state index contributed by atoms with van der Waals surface area (Å²) in [5.74, 6) is 0.0597. The molecule has 1 unspecified atom stereocenters. The van der Waals surface area contributed by atoms with Crippen LogP contribution >= 0.6 is 0 Å². The van der Waals surface area contributed by atoms with Gasteiger partial charge in [0.25, 0.3) is 0 Å². The number of tetrazole rings is 1. The van der Waals surface area contributed by atoms with E-state index in [4.69, 9.17) is 0 Å². The van der Waals surface area contributed by atoms with Crippen LogP contribution in [0.4, 0.5) is 0 Å². The lowest BCUT2D eigenvalue weighted by Crippen LogP contribution is -2.33. The molecule has 1 rings (SSSR count). The van der Waals surface area contributed by atoms with E-state index < -0.39 is 0 Å². The molecule has 0 aliphatic carbocycles. The van der Waals surface area contributed by atoms with Gasteiger partial charge in [-0.25, -0.2) is 4.68 Å². The number of rotatable bonds is 8. The van der Waals surface area contributed by atoms with E-state index in [-0.39, 0.29) is 11.9 Å². The van der Waals surface area contributed by atoms with Crippen molar-refractivity contribution < 1.29 is 4.79 Å². The van der Waals surface area contributed by atoms with Crippen molar-refractivity contribution >= 4 is 5.91 Å². The minimum Gasteiger partial charge on any atom is -0.354 e. The fourth-order valence-electron chi connectivity index (χ4n) is 1.62. The summed E-state index contributed by atoms with van der Waals surface area (Å²) in [5, 5.41) is 13.7. The predicted octanol–water partition coefficient (Wildman–Crippen LogP) is 1.15. The molecule has 1 aromatic rings. The Kier molecular flexibility index (Phi) is 6.21. The first kappa shape index (κ1) is 13.6. The Balaban J connectivity index is 2.11. The van der Waals surface area contributed by atoms with Gasteiger partial charge in [0.1, 0.15) is 6.33 Å². The molecule has 0 aromatic carbocycles. The summed E-state index contributed by atoms with van der Waals surface area (Å²) in [6, 6.07) is 0.253. The molecule has 0 fully saturated rings. The molecule has 0 saturated carbocycles. The lowest BCUT2D eigenvalue weighted by Gasteiger charge is -2.13. The topological polar surface area (TPSA) is 72.7 Å². The van der Waals surface area contributed by atoms with Crippen LogP contribution in [0.1, 0.15) is 46.0 Å². The minimum atomic E-state index is 0.0597. The van der Waals surface area contributed by atoms with Crippen LogP contribution in [0.3, 0.4) is 0 Å². The second-order valence-electron chi connectivity index (χ2n) is 4.29. The van der Waals surface area contributed by atoms with Gasteiger partial charge in [-0.05, 0) is 23.8 Å². The number of amides is 1. The zero-order chi connectivity index (χ0) is 12.5. The van der Waals surface area contributed by atoms with E-state index in [1.54, 1.807) is 4.68 Å². The standard InChI is InChI=1S/C11H21N5O/c1-3-4-5-6-10(2)13-11(17)7-8-16-9-12-14-15-16/h9-10H,3-8H2,1-2H3,(H,13,17). The molecule has 1 heterocycles. The summed E-state index contributed by atoms with van der Waals surface area (Å²) in [6.45, 7) is 4.75. The minimum absolute atomic E-state index is 0.0597. The van der Waals surface area contributed by atoms with Crippen LogP contribution in [-0.2, 0) is 11.3 Å². The molecule has 0 aliphatic rings. The number of carbonyl (C=O) groups excluding carboxylic acids is 1.